The van der Waals surface area contributed by atoms with E-state index in [2.05, 4.69) is 10.6 Å². The zero-order valence-corrected chi connectivity index (χ0v) is 20.0. The number of hydrogen-bond acceptors (Lipinski definition) is 5. The largest absolute Gasteiger partial charge is 0.508 e. The summed E-state index contributed by atoms with van der Waals surface area (Å²) in [5, 5.41) is 16.4. The minimum absolute atomic E-state index is 0.144. The number of aromatic hydroxyl groups is 1. The Hall–Kier alpha value is -3.68. The predicted molar refractivity (Wildman–Crippen MR) is 134 cm³/mol. The van der Waals surface area contributed by atoms with Gasteiger partial charge in [-0.15, -0.1) is 0 Å². The maximum atomic E-state index is 13.9. The molecule has 8 heteroatoms. The summed E-state index contributed by atoms with van der Waals surface area (Å²) in [6.07, 6.45) is 0.952. The number of nitrogens with zero attached hydrogens (tertiary/aromatic N) is 1. The molecule has 2 saturated heterocycles. The molecule has 0 aromatic heterocycles. The summed E-state index contributed by atoms with van der Waals surface area (Å²) < 4.78 is 0. The Bertz CT molecular complexity index is 1380. The lowest BCUT2D eigenvalue weighted by molar-refractivity contribution is -0.142. The molecule has 0 saturated carbocycles. The van der Waals surface area contributed by atoms with E-state index in [0.717, 1.165) is 11.1 Å². The Morgan fingerprint density at radius 3 is 2.42 bits per heavy atom. The van der Waals surface area contributed by atoms with E-state index in [4.69, 9.17) is 11.6 Å². The summed E-state index contributed by atoms with van der Waals surface area (Å²) in [6.45, 7) is 0.251. The van der Waals surface area contributed by atoms with Crippen molar-refractivity contribution in [2.75, 3.05) is 11.9 Å². The summed E-state index contributed by atoms with van der Waals surface area (Å²) in [5.74, 6) is -2.42. The van der Waals surface area contributed by atoms with Crippen LogP contribution < -0.4 is 10.6 Å². The van der Waals surface area contributed by atoms with Crippen molar-refractivity contribution in [2.24, 2.45) is 11.8 Å². The normalized spacial score (nSPS) is 26.4. The number of imide groups is 1. The molecular formula is C28H24ClN3O4. The van der Waals surface area contributed by atoms with Gasteiger partial charge in [-0.25, -0.2) is 0 Å². The number of benzene rings is 3. The highest BCUT2D eigenvalue weighted by atomic mass is 35.5. The first-order valence-electron chi connectivity index (χ1n) is 11.9. The van der Waals surface area contributed by atoms with E-state index in [1.54, 1.807) is 42.5 Å². The highest BCUT2D eigenvalue weighted by Gasteiger charge is 2.70. The Morgan fingerprint density at radius 2 is 1.67 bits per heavy atom. The van der Waals surface area contributed by atoms with Gasteiger partial charge in [0.25, 0.3) is 0 Å². The molecule has 0 unspecified atom stereocenters. The van der Waals surface area contributed by atoms with E-state index in [1.165, 1.54) is 4.90 Å². The molecule has 182 valence electrons. The molecule has 0 radical (unpaired) electrons. The number of anilines is 1. The van der Waals surface area contributed by atoms with Crippen LogP contribution in [0.2, 0.25) is 5.02 Å². The van der Waals surface area contributed by atoms with Crippen LogP contribution in [0.1, 0.15) is 16.7 Å². The fourth-order valence-electron chi connectivity index (χ4n) is 6.00. The molecule has 6 rings (SSSR count). The molecular weight excluding hydrogens is 478 g/mol. The number of carbonyl (C=O) groups excluding carboxylic acids is 3. The van der Waals surface area contributed by atoms with Gasteiger partial charge in [0, 0.05) is 28.9 Å². The van der Waals surface area contributed by atoms with Crippen LogP contribution in [0.5, 0.6) is 5.75 Å². The van der Waals surface area contributed by atoms with Gasteiger partial charge in [-0.05, 0) is 54.3 Å². The van der Waals surface area contributed by atoms with E-state index >= 15 is 0 Å². The lowest BCUT2D eigenvalue weighted by Gasteiger charge is -2.29. The third kappa shape index (κ3) is 3.42. The van der Waals surface area contributed by atoms with Crippen molar-refractivity contribution in [3.8, 4) is 5.75 Å². The quantitative estimate of drug-likeness (QED) is 0.466. The van der Waals surface area contributed by atoms with Crippen molar-refractivity contribution in [1.82, 2.24) is 10.2 Å². The number of likely N-dealkylation sites (tertiary alicyclic amines) is 1. The number of rotatable bonds is 5. The fourth-order valence-corrected chi connectivity index (χ4v) is 6.17. The zero-order chi connectivity index (χ0) is 25.0. The fraction of sp³-hybridized carbons (Fsp3) is 0.250. The Morgan fingerprint density at radius 1 is 0.917 bits per heavy atom. The summed E-state index contributed by atoms with van der Waals surface area (Å²) in [5.41, 5.74) is 1.70. The highest BCUT2D eigenvalue weighted by Crippen LogP contribution is 2.53. The van der Waals surface area contributed by atoms with Crippen LogP contribution in [0.3, 0.4) is 0 Å². The van der Waals surface area contributed by atoms with Crippen molar-refractivity contribution in [3.05, 3.63) is 94.5 Å². The number of halogens is 1. The summed E-state index contributed by atoms with van der Waals surface area (Å²) >= 11 is 6.32. The number of hydrogen-bond donors (Lipinski definition) is 3. The minimum Gasteiger partial charge on any atom is -0.508 e. The summed E-state index contributed by atoms with van der Waals surface area (Å²) in [4.78, 5) is 42.5. The Labute approximate surface area is 213 Å². The average molecular weight is 502 g/mol. The number of phenols is 1. The monoisotopic (exact) mass is 501 g/mol. The van der Waals surface area contributed by atoms with Crippen LogP contribution in [-0.4, -0.2) is 40.3 Å². The maximum Gasteiger partial charge on any atom is 0.250 e. The molecule has 3 heterocycles. The van der Waals surface area contributed by atoms with E-state index in [9.17, 15) is 19.5 Å². The Kier molecular flexibility index (Phi) is 5.35. The van der Waals surface area contributed by atoms with E-state index < -0.39 is 23.4 Å². The third-order valence-corrected chi connectivity index (χ3v) is 7.86. The van der Waals surface area contributed by atoms with Gasteiger partial charge < -0.3 is 10.4 Å². The number of amides is 3. The van der Waals surface area contributed by atoms with Gasteiger partial charge in [-0.1, -0.05) is 54.1 Å². The first-order valence-corrected chi connectivity index (χ1v) is 12.3. The molecule has 4 atom stereocenters. The van der Waals surface area contributed by atoms with Crippen LogP contribution in [0.15, 0.2) is 72.8 Å². The summed E-state index contributed by atoms with van der Waals surface area (Å²) in [6, 6.07) is 21.1. The van der Waals surface area contributed by atoms with Gasteiger partial charge in [0.2, 0.25) is 17.7 Å². The highest BCUT2D eigenvalue weighted by molar-refractivity contribution is 6.31. The second-order valence-electron chi connectivity index (χ2n) is 9.64. The molecule has 3 aromatic rings. The maximum absolute atomic E-state index is 13.9. The van der Waals surface area contributed by atoms with Crippen LogP contribution in [0.4, 0.5) is 5.69 Å². The smallest absolute Gasteiger partial charge is 0.250 e. The standard InChI is InChI=1S/C28H24ClN3O4/c29-18-8-11-21-20(15-18)28(27(36)30-21)24-23(22(31-28)14-17-6-9-19(33)10-7-17)25(34)32(26(24)35)13-12-16-4-2-1-3-5-16/h1-11,15,22-24,31,33H,12-14H2,(H,30,36)/t22-,23-,24+,28-/m1/s1. The molecule has 0 aliphatic carbocycles. The van der Waals surface area contributed by atoms with Gasteiger partial charge in [-0.3, -0.25) is 24.6 Å². The number of phenolic OH excluding ortho intramolecular Hbond substituents is 1. The van der Waals surface area contributed by atoms with Crippen LogP contribution >= 0.6 is 11.6 Å². The van der Waals surface area contributed by atoms with Gasteiger partial charge in [0.15, 0.2) is 0 Å². The molecule has 1 spiro atoms. The zero-order valence-electron chi connectivity index (χ0n) is 19.3. The predicted octanol–water partition coefficient (Wildman–Crippen LogP) is 3.25. The van der Waals surface area contributed by atoms with Gasteiger partial charge in [0.1, 0.15) is 11.3 Å². The topological polar surface area (TPSA) is 98.7 Å². The number of carbonyl (C=O) groups is 3. The van der Waals surface area contributed by atoms with Crippen molar-refractivity contribution in [1.29, 1.82) is 0 Å². The van der Waals surface area contributed by atoms with E-state index in [-0.39, 0.29) is 30.0 Å². The molecule has 3 amide bonds. The second kappa shape index (κ2) is 8.47. The third-order valence-electron chi connectivity index (χ3n) is 7.63. The van der Waals surface area contributed by atoms with Crippen molar-refractivity contribution >= 4 is 35.0 Å². The van der Waals surface area contributed by atoms with E-state index in [0.29, 0.717) is 29.1 Å². The lowest BCUT2D eigenvalue weighted by atomic mass is 9.76. The molecule has 3 aromatic carbocycles. The van der Waals surface area contributed by atoms with E-state index in [1.807, 2.05) is 30.3 Å². The molecule has 0 bridgehead atoms. The van der Waals surface area contributed by atoms with Gasteiger partial charge >= 0.3 is 0 Å². The SMILES string of the molecule is O=C1[C@H]2[C@@H](C(=O)N1CCc1ccccc1)[C@@]1(N[C@@H]2Cc2ccc(O)cc2)C(=O)Nc2ccc(Cl)cc21. The van der Waals surface area contributed by atoms with Crippen LogP contribution in [0, 0.1) is 11.8 Å². The van der Waals surface area contributed by atoms with Gasteiger partial charge in [0.05, 0.1) is 11.8 Å². The molecule has 36 heavy (non-hydrogen) atoms. The molecule has 2 fully saturated rings. The van der Waals surface area contributed by atoms with Crippen molar-refractivity contribution in [3.63, 3.8) is 0 Å². The molecule has 3 aliphatic rings. The minimum atomic E-state index is -1.39. The average Bonchev–Trinajstić information content (AvgIpc) is 3.44. The first-order chi connectivity index (χ1) is 17.4. The van der Waals surface area contributed by atoms with Gasteiger partial charge in [-0.2, -0.15) is 0 Å². The molecule has 3 N–H and O–H groups in total. The van der Waals surface area contributed by atoms with Crippen molar-refractivity contribution < 1.29 is 19.5 Å². The summed E-state index contributed by atoms with van der Waals surface area (Å²) in [7, 11) is 0. The molecule has 7 nitrogen and oxygen atoms in total. The lowest BCUT2D eigenvalue weighted by Crippen LogP contribution is -2.53. The molecule has 3 aliphatic heterocycles. The van der Waals surface area contributed by atoms with Crippen molar-refractivity contribution in [2.45, 2.75) is 24.4 Å². The van der Waals surface area contributed by atoms with Crippen LogP contribution in [0.25, 0.3) is 0 Å². The number of nitrogens with one attached hydrogen (secondary N) is 2. The first kappa shape index (κ1) is 22.8. The second-order valence-corrected chi connectivity index (χ2v) is 10.1. The Balaban J connectivity index is 1.40. The number of fused-ring (bicyclic) bond motifs is 4. The van der Waals surface area contributed by atoms with Crippen LogP contribution in [-0.2, 0) is 32.8 Å².